The van der Waals surface area contributed by atoms with Crippen molar-refractivity contribution >= 4 is 35.1 Å². The number of anilines is 1. The highest BCUT2D eigenvalue weighted by atomic mass is 35.5. The molecule has 0 unspecified atom stereocenters. The second-order valence-corrected chi connectivity index (χ2v) is 6.38. The van der Waals surface area contributed by atoms with Crippen molar-refractivity contribution in [3.05, 3.63) is 65.2 Å². The molecule has 2 aromatic carbocycles. The number of nitrogens with zero attached hydrogens (tertiary/aromatic N) is 1. The number of carbonyl (C=O) groups excluding carboxylic acids is 3. The van der Waals surface area contributed by atoms with Gasteiger partial charge in [-0.15, -0.1) is 0 Å². The Kier molecular flexibility index (Phi) is 7.79. The van der Waals surface area contributed by atoms with Gasteiger partial charge in [0.05, 0.1) is 13.1 Å². The second-order valence-electron chi connectivity index (χ2n) is 5.94. The Bertz CT molecular complexity index is 781. The maximum atomic E-state index is 12.0. The van der Waals surface area contributed by atoms with Crippen LogP contribution in [0.25, 0.3) is 0 Å². The molecule has 8 heteroatoms. The Morgan fingerprint density at radius 3 is 2.22 bits per heavy atom. The molecule has 0 fully saturated rings. The van der Waals surface area contributed by atoms with Gasteiger partial charge in [0.2, 0.25) is 11.8 Å². The number of hydrogen-bond donors (Lipinski definition) is 3. The van der Waals surface area contributed by atoms with Crippen molar-refractivity contribution in [1.29, 1.82) is 0 Å². The molecule has 0 atom stereocenters. The minimum atomic E-state index is -0.581. The topological polar surface area (TPSA) is 90.5 Å². The van der Waals surface area contributed by atoms with Gasteiger partial charge < -0.3 is 10.6 Å². The molecule has 0 aliphatic heterocycles. The molecule has 27 heavy (non-hydrogen) atoms. The fourth-order valence-electron chi connectivity index (χ4n) is 2.27. The zero-order valence-corrected chi connectivity index (χ0v) is 15.6. The Morgan fingerprint density at radius 1 is 0.926 bits per heavy atom. The van der Waals surface area contributed by atoms with E-state index in [4.69, 9.17) is 11.6 Å². The van der Waals surface area contributed by atoms with Crippen molar-refractivity contribution in [3.63, 3.8) is 0 Å². The molecule has 3 N–H and O–H groups in total. The molecule has 7 nitrogen and oxygen atoms in total. The summed E-state index contributed by atoms with van der Waals surface area (Å²) < 4.78 is 0. The number of benzene rings is 2. The smallest absolute Gasteiger partial charge is 0.321 e. The summed E-state index contributed by atoms with van der Waals surface area (Å²) in [5, 5.41) is 8.11. The van der Waals surface area contributed by atoms with Crippen LogP contribution >= 0.6 is 11.6 Å². The van der Waals surface area contributed by atoms with Crippen molar-refractivity contribution in [1.82, 2.24) is 15.5 Å². The molecule has 0 saturated heterocycles. The third-order valence-electron chi connectivity index (χ3n) is 3.50. The van der Waals surface area contributed by atoms with Crippen LogP contribution < -0.4 is 16.0 Å². The molecule has 2 rings (SSSR count). The first-order chi connectivity index (χ1) is 12.9. The van der Waals surface area contributed by atoms with Gasteiger partial charge in [-0.25, -0.2) is 4.79 Å². The monoisotopic (exact) mass is 388 g/mol. The van der Waals surface area contributed by atoms with Gasteiger partial charge in [-0.3, -0.25) is 19.8 Å². The summed E-state index contributed by atoms with van der Waals surface area (Å²) in [5.74, 6) is -0.775. The van der Waals surface area contributed by atoms with E-state index in [0.717, 1.165) is 5.56 Å². The van der Waals surface area contributed by atoms with E-state index in [1.54, 1.807) is 31.3 Å². The van der Waals surface area contributed by atoms with E-state index in [9.17, 15) is 14.4 Å². The summed E-state index contributed by atoms with van der Waals surface area (Å²) in [6.07, 6.45) is 0. The number of urea groups is 1. The molecule has 0 saturated carbocycles. The summed E-state index contributed by atoms with van der Waals surface area (Å²) in [6, 6.07) is 15.5. The standard InChI is InChI=1S/C19H21ClN4O3/c1-24(12-17(25)22-16-9-7-15(20)8-10-16)13-18(26)23-19(27)21-11-14-5-3-2-4-6-14/h2-10H,11-13H2,1H3,(H,22,25)(H2,21,23,26,27). The molecule has 0 aliphatic rings. The first kappa shape index (κ1) is 20.4. The van der Waals surface area contributed by atoms with Crippen LogP contribution in [-0.2, 0) is 16.1 Å². The molecule has 0 aliphatic carbocycles. The van der Waals surface area contributed by atoms with E-state index in [1.165, 1.54) is 4.90 Å². The second kappa shape index (κ2) is 10.3. The largest absolute Gasteiger partial charge is 0.334 e. The van der Waals surface area contributed by atoms with Crippen LogP contribution in [0.3, 0.4) is 0 Å². The van der Waals surface area contributed by atoms with Crippen LogP contribution in [0, 0.1) is 0 Å². The summed E-state index contributed by atoms with van der Waals surface area (Å²) in [5.41, 5.74) is 1.54. The van der Waals surface area contributed by atoms with Crippen LogP contribution in [0.5, 0.6) is 0 Å². The van der Waals surface area contributed by atoms with Crippen molar-refractivity contribution in [3.8, 4) is 0 Å². The lowest BCUT2D eigenvalue weighted by molar-refractivity contribution is -0.122. The summed E-state index contributed by atoms with van der Waals surface area (Å²) >= 11 is 5.79. The van der Waals surface area contributed by atoms with E-state index >= 15 is 0 Å². The van der Waals surface area contributed by atoms with Gasteiger partial charge in [-0.2, -0.15) is 0 Å². The Balaban J connectivity index is 1.68. The number of likely N-dealkylation sites (N-methyl/N-ethyl adjacent to an activating group) is 1. The highest BCUT2D eigenvalue weighted by Gasteiger charge is 2.13. The molecule has 0 spiro atoms. The third-order valence-corrected chi connectivity index (χ3v) is 3.76. The lowest BCUT2D eigenvalue weighted by Crippen LogP contribution is -2.44. The summed E-state index contributed by atoms with van der Waals surface area (Å²) in [4.78, 5) is 37.1. The van der Waals surface area contributed by atoms with Gasteiger partial charge in [0.1, 0.15) is 0 Å². The molecular weight excluding hydrogens is 368 g/mol. The molecule has 0 heterocycles. The first-order valence-corrected chi connectivity index (χ1v) is 8.66. The van der Waals surface area contributed by atoms with Gasteiger partial charge in [0.25, 0.3) is 0 Å². The van der Waals surface area contributed by atoms with E-state index in [1.807, 2.05) is 30.3 Å². The Labute approximate surface area is 162 Å². The highest BCUT2D eigenvalue weighted by molar-refractivity contribution is 6.30. The van der Waals surface area contributed by atoms with Crippen molar-refractivity contribution in [2.24, 2.45) is 0 Å². The predicted octanol–water partition coefficient (Wildman–Crippen LogP) is 2.24. The van der Waals surface area contributed by atoms with E-state index in [-0.39, 0.29) is 19.0 Å². The predicted molar refractivity (Wildman–Crippen MR) is 104 cm³/mol. The molecule has 4 amide bonds. The van der Waals surface area contributed by atoms with Crippen LogP contribution in [-0.4, -0.2) is 42.9 Å². The van der Waals surface area contributed by atoms with Gasteiger partial charge >= 0.3 is 6.03 Å². The van der Waals surface area contributed by atoms with E-state index < -0.39 is 11.9 Å². The van der Waals surface area contributed by atoms with Gasteiger partial charge in [0.15, 0.2) is 0 Å². The molecule has 0 aromatic heterocycles. The van der Waals surface area contributed by atoms with Crippen LogP contribution in [0.4, 0.5) is 10.5 Å². The number of nitrogens with one attached hydrogen (secondary N) is 3. The van der Waals surface area contributed by atoms with Gasteiger partial charge in [0, 0.05) is 17.3 Å². The van der Waals surface area contributed by atoms with Crippen molar-refractivity contribution < 1.29 is 14.4 Å². The zero-order valence-electron chi connectivity index (χ0n) is 14.9. The average molecular weight is 389 g/mol. The van der Waals surface area contributed by atoms with E-state index in [0.29, 0.717) is 17.3 Å². The maximum absolute atomic E-state index is 12.0. The third kappa shape index (κ3) is 7.89. The summed E-state index contributed by atoms with van der Waals surface area (Å²) in [7, 11) is 1.61. The fraction of sp³-hybridized carbons (Fsp3) is 0.211. The lowest BCUT2D eigenvalue weighted by atomic mass is 10.2. The number of amides is 4. The average Bonchev–Trinajstić information content (AvgIpc) is 2.62. The number of carbonyl (C=O) groups is 3. The molecule has 142 valence electrons. The van der Waals surface area contributed by atoms with Crippen molar-refractivity contribution in [2.75, 3.05) is 25.5 Å². The number of rotatable bonds is 7. The first-order valence-electron chi connectivity index (χ1n) is 8.28. The maximum Gasteiger partial charge on any atom is 0.321 e. The van der Waals surface area contributed by atoms with Gasteiger partial charge in [-0.05, 0) is 36.9 Å². The SMILES string of the molecule is CN(CC(=O)NC(=O)NCc1ccccc1)CC(=O)Nc1ccc(Cl)cc1. The molecule has 2 aromatic rings. The minimum Gasteiger partial charge on any atom is -0.334 e. The lowest BCUT2D eigenvalue weighted by Gasteiger charge is -2.16. The number of halogens is 1. The molecule has 0 bridgehead atoms. The minimum absolute atomic E-state index is 0.00167. The Morgan fingerprint density at radius 2 is 1.56 bits per heavy atom. The highest BCUT2D eigenvalue weighted by Crippen LogP contribution is 2.13. The van der Waals surface area contributed by atoms with Crippen LogP contribution in [0.1, 0.15) is 5.56 Å². The van der Waals surface area contributed by atoms with Gasteiger partial charge in [-0.1, -0.05) is 41.9 Å². The Hall–Kier alpha value is -2.90. The quantitative estimate of drug-likeness (QED) is 0.678. The van der Waals surface area contributed by atoms with E-state index in [2.05, 4.69) is 16.0 Å². The normalized spacial score (nSPS) is 10.3. The zero-order chi connectivity index (χ0) is 19.6. The fourth-order valence-corrected chi connectivity index (χ4v) is 2.39. The summed E-state index contributed by atoms with van der Waals surface area (Å²) in [6.45, 7) is 0.230. The van der Waals surface area contributed by atoms with Crippen LogP contribution in [0.15, 0.2) is 54.6 Å². The number of imide groups is 1. The molecule has 0 radical (unpaired) electrons. The van der Waals surface area contributed by atoms with Crippen molar-refractivity contribution in [2.45, 2.75) is 6.54 Å². The number of hydrogen-bond acceptors (Lipinski definition) is 4. The molecular formula is C19H21ClN4O3. The van der Waals surface area contributed by atoms with Crippen LogP contribution in [0.2, 0.25) is 5.02 Å².